The van der Waals surface area contributed by atoms with Crippen molar-refractivity contribution in [3.8, 4) is 0 Å². The van der Waals surface area contributed by atoms with Crippen molar-refractivity contribution in [3.63, 3.8) is 0 Å². The van der Waals surface area contributed by atoms with Gasteiger partial charge in [0.25, 0.3) is 0 Å². The van der Waals surface area contributed by atoms with Crippen LogP contribution >= 0.6 is 0 Å². The van der Waals surface area contributed by atoms with Crippen LogP contribution < -0.4 is 0 Å². The zero-order valence-electron chi connectivity index (χ0n) is 12.1. The number of hydrogen-bond donors (Lipinski definition) is 0. The lowest BCUT2D eigenvalue weighted by Gasteiger charge is -2.27. The lowest BCUT2D eigenvalue weighted by Crippen LogP contribution is -2.29. The van der Waals surface area contributed by atoms with E-state index in [4.69, 9.17) is 9.98 Å². The molecule has 0 saturated carbocycles. The normalized spacial score (nSPS) is 21.9. The second-order valence-electron chi connectivity index (χ2n) is 5.71. The molecule has 0 saturated heterocycles. The van der Waals surface area contributed by atoms with E-state index >= 15 is 0 Å². The van der Waals surface area contributed by atoms with Gasteiger partial charge in [0, 0.05) is 5.57 Å². The Morgan fingerprint density at radius 2 is 1.85 bits per heavy atom. The summed E-state index contributed by atoms with van der Waals surface area (Å²) >= 11 is 0. The van der Waals surface area contributed by atoms with Gasteiger partial charge in [-0.15, -0.1) is 0 Å². The summed E-state index contributed by atoms with van der Waals surface area (Å²) in [6.07, 6.45) is 8.40. The van der Waals surface area contributed by atoms with Crippen molar-refractivity contribution in [1.82, 2.24) is 0 Å². The molecule has 1 aromatic carbocycles. The molecule has 3 rings (SSSR count). The SMILES string of the molecule is CC1=CC(C)(C)N=C2C1=CC=CC2=Nc1ccccc1. The fourth-order valence-corrected chi connectivity index (χ4v) is 2.63. The maximum atomic E-state index is 4.85. The van der Waals surface area contributed by atoms with Gasteiger partial charge >= 0.3 is 0 Å². The van der Waals surface area contributed by atoms with Gasteiger partial charge in [-0.25, -0.2) is 4.99 Å². The molecular weight excluding hydrogens is 244 g/mol. The molecule has 0 fully saturated rings. The molecule has 20 heavy (non-hydrogen) atoms. The molecule has 0 atom stereocenters. The third-order valence-corrected chi connectivity index (χ3v) is 3.42. The standard InChI is InChI=1S/C18H18N2/c1-13-12-18(2,3)20-17-15(13)10-7-11-16(17)19-14-8-5-4-6-9-14/h4-12H,1-3H3. The van der Waals surface area contributed by atoms with Gasteiger partial charge in [0.15, 0.2) is 0 Å². The Morgan fingerprint density at radius 3 is 2.60 bits per heavy atom. The molecule has 0 bridgehead atoms. The van der Waals surface area contributed by atoms with Crippen LogP contribution in [-0.2, 0) is 0 Å². The molecule has 0 amide bonds. The molecule has 100 valence electrons. The van der Waals surface area contributed by atoms with Gasteiger partial charge in [-0.05, 0) is 44.6 Å². The zero-order chi connectivity index (χ0) is 14.2. The first-order valence-corrected chi connectivity index (χ1v) is 6.88. The van der Waals surface area contributed by atoms with Crippen molar-refractivity contribution in [2.24, 2.45) is 9.98 Å². The number of nitrogens with zero attached hydrogens (tertiary/aromatic N) is 2. The molecule has 2 heteroatoms. The predicted molar refractivity (Wildman–Crippen MR) is 86.0 cm³/mol. The Hall–Kier alpha value is -2.22. The van der Waals surface area contributed by atoms with E-state index in [1.807, 2.05) is 42.5 Å². The molecule has 1 aromatic rings. The minimum absolute atomic E-state index is 0.167. The van der Waals surface area contributed by atoms with Gasteiger partial charge in [-0.3, -0.25) is 4.99 Å². The molecule has 2 aliphatic rings. The van der Waals surface area contributed by atoms with Crippen LogP contribution in [0.5, 0.6) is 0 Å². The van der Waals surface area contributed by atoms with E-state index in [-0.39, 0.29) is 5.54 Å². The van der Waals surface area contributed by atoms with Crippen molar-refractivity contribution < 1.29 is 0 Å². The van der Waals surface area contributed by atoms with E-state index < -0.39 is 0 Å². The molecule has 2 nitrogen and oxygen atoms in total. The van der Waals surface area contributed by atoms with E-state index in [1.165, 1.54) is 11.1 Å². The summed E-state index contributed by atoms with van der Waals surface area (Å²) in [4.78, 5) is 9.59. The number of aliphatic imine (C=N–C) groups is 2. The summed E-state index contributed by atoms with van der Waals surface area (Å²) in [6.45, 7) is 6.39. The third-order valence-electron chi connectivity index (χ3n) is 3.42. The Kier molecular flexibility index (Phi) is 3.01. The van der Waals surface area contributed by atoms with Crippen LogP contribution in [0.1, 0.15) is 20.8 Å². The lowest BCUT2D eigenvalue weighted by molar-refractivity contribution is 0.649. The number of rotatable bonds is 1. The van der Waals surface area contributed by atoms with Gasteiger partial charge < -0.3 is 0 Å². The van der Waals surface area contributed by atoms with E-state index in [0.29, 0.717) is 0 Å². The number of allylic oxidation sites excluding steroid dienone is 5. The summed E-state index contributed by atoms with van der Waals surface area (Å²) in [7, 11) is 0. The van der Waals surface area contributed by atoms with Crippen molar-refractivity contribution in [3.05, 3.63) is 65.8 Å². The van der Waals surface area contributed by atoms with Crippen LogP contribution in [0.4, 0.5) is 5.69 Å². The second kappa shape index (κ2) is 4.71. The Labute approximate surface area is 120 Å². The van der Waals surface area contributed by atoms with Crippen molar-refractivity contribution in [2.75, 3.05) is 0 Å². The van der Waals surface area contributed by atoms with Crippen molar-refractivity contribution in [1.29, 1.82) is 0 Å². The summed E-state index contributed by atoms with van der Waals surface area (Å²) in [5.41, 5.74) is 5.18. The van der Waals surface area contributed by atoms with Gasteiger partial charge in [0.1, 0.15) is 0 Å². The van der Waals surface area contributed by atoms with Gasteiger partial charge in [0.05, 0.1) is 22.6 Å². The summed E-state index contributed by atoms with van der Waals surface area (Å²) in [5, 5.41) is 0. The average molecular weight is 262 g/mol. The smallest absolute Gasteiger partial charge is 0.0916 e. The Morgan fingerprint density at radius 1 is 1.10 bits per heavy atom. The largest absolute Gasteiger partial charge is 0.272 e. The highest BCUT2D eigenvalue weighted by molar-refractivity contribution is 6.54. The zero-order valence-corrected chi connectivity index (χ0v) is 12.1. The Balaban J connectivity index is 2.08. The van der Waals surface area contributed by atoms with Crippen LogP contribution in [0.3, 0.4) is 0 Å². The van der Waals surface area contributed by atoms with Crippen molar-refractivity contribution >= 4 is 17.1 Å². The lowest BCUT2D eigenvalue weighted by atomic mass is 9.87. The number of hydrogen-bond acceptors (Lipinski definition) is 2. The first kappa shape index (κ1) is 12.8. The van der Waals surface area contributed by atoms with Gasteiger partial charge in [0.2, 0.25) is 0 Å². The molecule has 0 N–H and O–H groups in total. The molecule has 1 aliphatic heterocycles. The maximum absolute atomic E-state index is 4.85. The fraction of sp³-hybridized carbons (Fsp3) is 0.222. The monoisotopic (exact) mass is 262 g/mol. The maximum Gasteiger partial charge on any atom is 0.0916 e. The van der Waals surface area contributed by atoms with E-state index in [1.54, 1.807) is 0 Å². The molecule has 0 radical (unpaired) electrons. The average Bonchev–Trinajstić information content (AvgIpc) is 2.40. The second-order valence-corrected chi connectivity index (χ2v) is 5.71. The van der Waals surface area contributed by atoms with E-state index in [9.17, 15) is 0 Å². The van der Waals surface area contributed by atoms with Crippen LogP contribution in [0, 0.1) is 0 Å². The highest BCUT2D eigenvalue weighted by Crippen LogP contribution is 2.29. The quantitative estimate of drug-likeness (QED) is 0.669. The van der Waals surface area contributed by atoms with Crippen molar-refractivity contribution in [2.45, 2.75) is 26.3 Å². The van der Waals surface area contributed by atoms with Crippen LogP contribution in [-0.4, -0.2) is 17.0 Å². The molecule has 1 aliphatic carbocycles. The van der Waals surface area contributed by atoms with E-state index in [2.05, 4.69) is 32.9 Å². The van der Waals surface area contributed by atoms with Gasteiger partial charge in [-0.2, -0.15) is 0 Å². The minimum Gasteiger partial charge on any atom is -0.272 e. The fourth-order valence-electron chi connectivity index (χ4n) is 2.63. The Bertz CT molecular complexity index is 683. The topological polar surface area (TPSA) is 24.7 Å². The highest BCUT2D eigenvalue weighted by atomic mass is 14.9. The third kappa shape index (κ3) is 2.42. The molecular formula is C18H18N2. The van der Waals surface area contributed by atoms with Gasteiger partial charge in [-0.1, -0.05) is 36.4 Å². The molecule has 0 spiro atoms. The molecule has 0 unspecified atom stereocenters. The summed E-state index contributed by atoms with van der Waals surface area (Å²) < 4.78 is 0. The first-order chi connectivity index (χ1) is 9.55. The highest BCUT2D eigenvalue weighted by Gasteiger charge is 2.26. The number of para-hydroxylation sites is 1. The van der Waals surface area contributed by atoms with Crippen LogP contribution in [0.25, 0.3) is 0 Å². The van der Waals surface area contributed by atoms with E-state index in [0.717, 1.165) is 17.1 Å². The number of dihydropyridines is 1. The number of benzene rings is 1. The van der Waals surface area contributed by atoms with Crippen LogP contribution in [0.15, 0.2) is 75.8 Å². The first-order valence-electron chi connectivity index (χ1n) is 6.88. The predicted octanol–water partition coefficient (Wildman–Crippen LogP) is 4.43. The summed E-state index contributed by atoms with van der Waals surface area (Å²) in [5.74, 6) is 0. The minimum atomic E-state index is -0.167. The number of fused-ring (bicyclic) bond motifs is 1. The van der Waals surface area contributed by atoms with Crippen LogP contribution in [0.2, 0.25) is 0 Å². The summed E-state index contributed by atoms with van der Waals surface area (Å²) in [6, 6.07) is 10.0. The molecule has 1 heterocycles. The molecule has 0 aromatic heterocycles.